The van der Waals surface area contributed by atoms with Crippen molar-refractivity contribution in [1.29, 1.82) is 0 Å². The summed E-state index contributed by atoms with van der Waals surface area (Å²) < 4.78 is 0. The average Bonchev–Trinajstić information content (AvgIpc) is 2.30. The summed E-state index contributed by atoms with van der Waals surface area (Å²) in [5.41, 5.74) is 2.73. The fourth-order valence-electron chi connectivity index (χ4n) is 1.64. The Kier molecular flexibility index (Phi) is 5.36. The van der Waals surface area contributed by atoms with Crippen molar-refractivity contribution in [3.63, 3.8) is 0 Å². The second kappa shape index (κ2) is 6.55. The number of carbonyl (C=O) groups is 2. The minimum atomic E-state index is -0.914. The van der Waals surface area contributed by atoms with Crippen LogP contribution in [0.1, 0.15) is 13.8 Å². The van der Waals surface area contributed by atoms with Crippen LogP contribution in [0.25, 0.3) is 0 Å². The van der Waals surface area contributed by atoms with Crippen LogP contribution in [0.3, 0.4) is 0 Å². The second-order valence-corrected chi connectivity index (χ2v) is 4.79. The van der Waals surface area contributed by atoms with E-state index in [2.05, 4.69) is 15.6 Å². The normalized spacial score (nSPS) is 21.1. The van der Waals surface area contributed by atoms with Gasteiger partial charge in [-0.05, 0) is 20.9 Å². The quantitative estimate of drug-likeness (QED) is 0.636. The maximum atomic E-state index is 11.7. The van der Waals surface area contributed by atoms with Crippen molar-refractivity contribution < 1.29 is 14.7 Å². The van der Waals surface area contributed by atoms with Gasteiger partial charge < -0.3 is 15.3 Å². The van der Waals surface area contributed by atoms with E-state index in [4.69, 9.17) is 5.11 Å². The van der Waals surface area contributed by atoms with Crippen molar-refractivity contribution in [2.24, 2.45) is 5.92 Å². The zero-order chi connectivity index (χ0) is 13.7. The number of likely N-dealkylation sites (N-methyl/N-ethyl adjacent to an activating group) is 1. The molecule has 0 bridgehead atoms. The first-order chi connectivity index (χ1) is 8.40. The highest BCUT2D eigenvalue weighted by molar-refractivity contribution is 5.76. The lowest BCUT2D eigenvalue weighted by molar-refractivity contribution is -0.141. The molecule has 0 aliphatic carbocycles. The molecule has 1 fully saturated rings. The Bertz CT molecular complexity index is 303. The van der Waals surface area contributed by atoms with Gasteiger partial charge in [-0.25, -0.2) is 9.80 Å². The predicted octanol–water partition coefficient (Wildman–Crippen LogP) is -0.443. The van der Waals surface area contributed by atoms with Gasteiger partial charge in [-0.2, -0.15) is 0 Å². The molecule has 2 amide bonds. The van der Waals surface area contributed by atoms with Crippen LogP contribution in [0.4, 0.5) is 4.79 Å². The number of hydrogen-bond donors (Lipinski definition) is 3. The molecule has 2 unspecified atom stereocenters. The number of piperazine rings is 1. The summed E-state index contributed by atoms with van der Waals surface area (Å²) >= 11 is 0. The first-order valence-electron chi connectivity index (χ1n) is 6.13. The molecule has 1 heterocycles. The third-order valence-electron chi connectivity index (χ3n) is 3.26. The van der Waals surface area contributed by atoms with E-state index in [-0.39, 0.29) is 6.03 Å². The first kappa shape index (κ1) is 14.7. The zero-order valence-electron chi connectivity index (χ0n) is 11.1. The summed E-state index contributed by atoms with van der Waals surface area (Å²) in [5, 5.41) is 13.3. The zero-order valence-corrected chi connectivity index (χ0v) is 11.1. The summed E-state index contributed by atoms with van der Waals surface area (Å²) in [5.74, 6) is -1.52. The second-order valence-electron chi connectivity index (χ2n) is 4.79. The molecule has 18 heavy (non-hydrogen) atoms. The molecule has 104 valence electrons. The van der Waals surface area contributed by atoms with Crippen molar-refractivity contribution in [2.45, 2.75) is 19.9 Å². The van der Waals surface area contributed by atoms with E-state index in [1.54, 1.807) is 13.8 Å². The Labute approximate surface area is 107 Å². The summed E-state index contributed by atoms with van der Waals surface area (Å²) in [7, 11) is 2.04. The number of carboxylic acid groups (broad SMARTS) is 1. The van der Waals surface area contributed by atoms with E-state index in [1.807, 2.05) is 12.1 Å². The summed E-state index contributed by atoms with van der Waals surface area (Å²) in [6.45, 7) is 6.60. The largest absolute Gasteiger partial charge is 0.481 e. The van der Waals surface area contributed by atoms with Crippen molar-refractivity contribution >= 4 is 12.0 Å². The summed E-state index contributed by atoms with van der Waals surface area (Å²) in [6.07, 6.45) is 0. The summed E-state index contributed by atoms with van der Waals surface area (Å²) in [6, 6.07) is -0.755. The lowest BCUT2D eigenvalue weighted by Gasteiger charge is -2.32. The number of carboxylic acids is 1. The molecule has 0 saturated carbocycles. The van der Waals surface area contributed by atoms with Gasteiger partial charge in [-0.1, -0.05) is 0 Å². The number of nitrogens with zero attached hydrogens (tertiary/aromatic N) is 2. The standard InChI is InChI=1S/C11H22N4O3/c1-8(10(16)17)9(2)12-11(18)13-15-6-4-14(3)5-7-15/h8-9H,4-7H2,1-3H3,(H,16,17)(H2,12,13,18). The Morgan fingerprint density at radius 1 is 1.17 bits per heavy atom. The maximum absolute atomic E-state index is 11.7. The van der Waals surface area contributed by atoms with Crippen LogP contribution in [0.5, 0.6) is 0 Å². The van der Waals surface area contributed by atoms with E-state index in [1.165, 1.54) is 0 Å². The minimum absolute atomic E-state index is 0.347. The van der Waals surface area contributed by atoms with Crippen molar-refractivity contribution in [2.75, 3.05) is 33.2 Å². The topological polar surface area (TPSA) is 84.9 Å². The molecule has 1 rings (SSSR count). The van der Waals surface area contributed by atoms with E-state index >= 15 is 0 Å². The highest BCUT2D eigenvalue weighted by Gasteiger charge is 2.22. The van der Waals surface area contributed by atoms with Gasteiger partial charge in [0.1, 0.15) is 0 Å². The molecule has 7 nitrogen and oxygen atoms in total. The monoisotopic (exact) mass is 258 g/mol. The summed E-state index contributed by atoms with van der Waals surface area (Å²) in [4.78, 5) is 24.6. The van der Waals surface area contributed by atoms with E-state index < -0.39 is 17.9 Å². The molecule has 2 atom stereocenters. The number of carbonyl (C=O) groups excluding carboxylic acids is 1. The number of hydrazine groups is 1. The fraction of sp³-hybridized carbons (Fsp3) is 0.818. The molecule has 0 radical (unpaired) electrons. The van der Waals surface area contributed by atoms with Crippen LogP contribution in [0, 0.1) is 5.92 Å². The van der Waals surface area contributed by atoms with Gasteiger partial charge in [-0.15, -0.1) is 0 Å². The number of amides is 2. The van der Waals surface area contributed by atoms with Crippen molar-refractivity contribution in [1.82, 2.24) is 20.7 Å². The van der Waals surface area contributed by atoms with Gasteiger partial charge in [0.25, 0.3) is 0 Å². The highest BCUT2D eigenvalue weighted by Crippen LogP contribution is 2.02. The molecule has 0 aromatic heterocycles. The predicted molar refractivity (Wildman–Crippen MR) is 67.0 cm³/mol. The molecule has 7 heteroatoms. The fourth-order valence-corrected chi connectivity index (χ4v) is 1.64. The average molecular weight is 258 g/mol. The Balaban J connectivity index is 2.31. The molecule has 1 aliphatic rings. The third kappa shape index (κ3) is 4.50. The number of rotatable bonds is 4. The SMILES string of the molecule is CC(NC(=O)NN1CCN(C)CC1)C(C)C(=O)O. The Hall–Kier alpha value is -1.34. The van der Waals surface area contributed by atoms with Gasteiger partial charge >= 0.3 is 12.0 Å². The molecule has 0 aromatic carbocycles. The van der Waals surface area contributed by atoms with Crippen LogP contribution in [0.2, 0.25) is 0 Å². The van der Waals surface area contributed by atoms with E-state index in [0.29, 0.717) is 0 Å². The van der Waals surface area contributed by atoms with Crippen LogP contribution in [-0.2, 0) is 4.79 Å². The van der Waals surface area contributed by atoms with Crippen LogP contribution in [-0.4, -0.2) is 66.3 Å². The lowest BCUT2D eigenvalue weighted by Crippen LogP contribution is -2.56. The van der Waals surface area contributed by atoms with Crippen LogP contribution in [0.15, 0.2) is 0 Å². The van der Waals surface area contributed by atoms with E-state index in [0.717, 1.165) is 26.2 Å². The molecular weight excluding hydrogens is 236 g/mol. The van der Waals surface area contributed by atoms with Crippen molar-refractivity contribution in [3.05, 3.63) is 0 Å². The van der Waals surface area contributed by atoms with Gasteiger partial charge in [-0.3, -0.25) is 10.2 Å². The van der Waals surface area contributed by atoms with Crippen molar-refractivity contribution in [3.8, 4) is 0 Å². The Morgan fingerprint density at radius 3 is 2.22 bits per heavy atom. The maximum Gasteiger partial charge on any atom is 0.329 e. The smallest absolute Gasteiger partial charge is 0.329 e. The molecule has 3 N–H and O–H groups in total. The Morgan fingerprint density at radius 2 is 1.72 bits per heavy atom. The molecular formula is C11H22N4O3. The molecule has 1 saturated heterocycles. The van der Waals surface area contributed by atoms with Gasteiger partial charge in [0, 0.05) is 32.2 Å². The number of aliphatic carboxylic acids is 1. The third-order valence-corrected chi connectivity index (χ3v) is 3.26. The van der Waals surface area contributed by atoms with Gasteiger partial charge in [0.2, 0.25) is 0 Å². The van der Waals surface area contributed by atoms with Crippen LogP contribution < -0.4 is 10.7 Å². The van der Waals surface area contributed by atoms with Crippen LogP contribution >= 0.6 is 0 Å². The van der Waals surface area contributed by atoms with E-state index in [9.17, 15) is 9.59 Å². The molecule has 1 aliphatic heterocycles. The van der Waals surface area contributed by atoms with Gasteiger partial charge in [0.15, 0.2) is 0 Å². The molecule has 0 aromatic rings. The highest BCUT2D eigenvalue weighted by atomic mass is 16.4. The minimum Gasteiger partial charge on any atom is -0.481 e. The lowest BCUT2D eigenvalue weighted by atomic mass is 10.0. The number of hydrogen-bond acceptors (Lipinski definition) is 4. The number of urea groups is 1. The first-order valence-corrected chi connectivity index (χ1v) is 6.13. The van der Waals surface area contributed by atoms with Gasteiger partial charge in [0.05, 0.1) is 5.92 Å². The number of nitrogens with one attached hydrogen (secondary N) is 2. The molecule has 0 spiro atoms.